The van der Waals surface area contributed by atoms with Gasteiger partial charge in [0.1, 0.15) is 0 Å². The Balaban J connectivity index is 1.09. The molecule has 0 unspecified atom stereocenters. The molecule has 9 aromatic carbocycles. The minimum absolute atomic E-state index is 0.159. The average Bonchev–Trinajstić information content (AvgIpc) is 4.04. The van der Waals surface area contributed by atoms with Gasteiger partial charge in [0.05, 0.1) is 33.5 Å². The van der Waals surface area contributed by atoms with Crippen molar-refractivity contribution in [3.05, 3.63) is 229 Å². The van der Waals surface area contributed by atoms with Crippen molar-refractivity contribution >= 4 is 43.6 Å². The molecule has 0 atom stereocenters. The van der Waals surface area contributed by atoms with Crippen LogP contribution < -0.4 is 0 Å². The maximum atomic E-state index is 5.44. The maximum Gasteiger partial charge on any atom is 0.160 e. The third-order valence-corrected chi connectivity index (χ3v) is 15.3. The van der Waals surface area contributed by atoms with Crippen molar-refractivity contribution in [3.63, 3.8) is 0 Å². The van der Waals surface area contributed by atoms with E-state index in [4.69, 9.17) is 9.97 Å². The second kappa shape index (κ2) is 14.1. The van der Waals surface area contributed by atoms with Crippen LogP contribution in [0.1, 0.15) is 49.9 Å². The van der Waals surface area contributed by atoms with Crippen molar-refractivity contribution in [2.75, 3.05) is 0 Å². The van der Waals surface area contributed by atoms with Gasteiger partial charge in [0.15, 0.2) is 5.82 Å². The summed E-state index contributed by atoms with van der Waals surface area (Å²) < 4.78 is 5.00. The molecule has 0 bridgehead atoms. The van der Waals surface area contributed by atoms with Gasteiger partial charge >= 0.3 is 0 Å². The van der Waals surface area contributed by atoms with Crippen molar-refractivity contribution in [2.45, 2.75) is 38.5 Å². The number of fused-ring (bicyclic) bond motifs is 12. The van der Waals surface area contributed by atoms with E-state index in [0.29, 0.717) is 5.82 Å². The molecule has 2 aliphatic rings. The molecule has 0 spiro atoms. The van der Waals surface area contributed by atoms with Gasteiger partial charge < -0.3 is 9.13 Å². The van der Waals surface area contributed by atoms with E-state index in [-0.39, 0.29) is 10.8 Å². The third kappa shape index (κ3) is 5.49. The molecule has 4 heteroatoms. The Kier molecular flexibility index (Phi) is 8.06. The Morgan fingerprint density at radius 3 is 1.25 bits per heavy atom. The van der Waals surface area contributed by atoms with Crippen LogP contribution in [0.25, 0.3) is 111 Å². The molecule has 12 aromatic rings. The largest absolute Gasteiger partial charge is 0.309 e. The molecule has 0 N–H and O–H groups in total. The van der Waals surface area contributed by atoms with Crippen LogP contribution in [-0.4, -0.2) is 19.1 Å². The van der Waals surface area contributed by atoms with E-state index in [2.05, 4.69) is 237 Å². The Morgan fingerprint density at radius 1 is 0.309 bits per heavy atom. The lowest BCUT2D eigenvalue weighted by atomic mass is 9.82. The van der Waals surface area contributed by atoms with E-state index in [1.807, 2.05) is 6.07 Å². The average molecular weight is 871 g/mol. The molecule has 14 rings (SSSR count). The van der Waals surface area contributed by atoms with Crippen LogP contribution in [0.3, 0.4) is 0 Å². The first-order valence-electron chi connectivity index (χ1n) is 23.7. The topological polar surface area (TPSA) is 35.6 Å². The van der Waals surface area contributed by atoms with Crippen LogP contribution >= 0.6 is 0 Å². The van der Waals surface area contributed by atoms with Gasteiger partial charge in [-0.2, -0.15) is 0 Å². The Hall–Kier alpha value is -8.34. The summed E-state index contributed by atoms with van der Waals surface area (Å²) in [5, 5.41) is 4.95. The molecule has 68 heavy (non-hydrogen) atoms. The molecule has 0 fully saturated rings. The molecular weight excluding hydrogens is 825 g/mol. The number of hydrogen-bond donors (Lipinski definition) is 0. The number of rotatable bonds is 5. The summed E-state index contributed by atoms with van der Waals surface area (Å²) in [6.07, 6.45) is 0. The first-order valence-corrected chi connectivity index (χ1v) is 23.7. The molecular formula is C64H46N4. The zero-order chi connectivity index (χ0) is 45.5. The van der Waals surface area contributed by atoms with Gasteiger partial charge in [-0.25, -0.2) is 9.97 Å². The fourth-order valence-electron chi connectivity index (χ4n) is 12.0. The van der Waals surface area contributed by atoms with Crippen LogP contribution in [0.2, 0.25) is 0 Å². The second-order valence-corrected chi connectivity index (χ2v) is 19.8. The van der Waals surface area contributed by atoms with Gasteiger partial charge in [0.2, 0.25) is 0 Å². The summed E-state index contributed by atoms with van der Waals surface area (Å²) in [7, 11) is 0. The number of para-hydroxylation sites is 2. The molecule has 0 saturated carbocycles. The Morgan fingerprint density at radius 2 is 0.735 bits per heavy atom. The normalized spacial score (nSPS) is 14.1. The fourth-order valence-corrected chi connectivity index (χ4v) is 12.0. The number of nitrogens with zero attached hydrogens (tertiary/aromatic N) is 4. The zero-order valence-corrected chi connectivity index (χ0v) is 38.4. The number of benzene rings is 9. The molecule has 2 aliphatic carbocycles. The van der Waals surface area contributed by atoms with Crippen LogP contribution in [0.15, 0.2) is 206 Å². The van der Waals surface area contributed by atoms with E-state index >= 15 is 0 Å². The summed E-state index contributed by atoms with van der Waals surface area (Å²) in [4.78, 5) is 10.7. The third-order valence-electron chi connectivity index (χ3n) is 15.3. The number of aromatic nitrogens is 4. The highest BCUT2D eigenvalue weighted by molar-refractivity contribution is 6.13. The zero-order valence-electron chi connectivity index (χ0n) is 38.4. The van der Waals surface area contributed by atoms with Gasteiger partial charge in [-0.15, -0.1) is 0 Å². The minimum Gasteiger partial charge on any atom is -0.309 e. The summed E-state index contributed by atoms with van der Waals surface area (Å²) >= 11 is 0. The van der Waals surface area contributed by atoms with Gasteiger partial charge in [-0.1, -0.05) is 173 Å². The summed E-state index contributed by atoms with van der Waals surface area (Å²) in [6, 6.07) is 75.7. The lowest BCUT2D eigenvalue weighted by Gasteiger charge is -2.22. The van der Waals surface area contributed by atoms with E-state index in [0.717, 1.165) is 50.5 Å². The summed E-state index contributed by atoms with van der Waals surface area (Å²) in [6.45, 7) is 9.49. The molecule has 0 saturated heterocycles. The van der Waals surface area contributed by atoms with Crippen LogP contribution in [-0.2, 0) is 10.8 Å². The molecule has 0 aliphatic heterocycles. The standard InChI is InChI=1S/C64H46N4/c1-63(2)52-27-15-11-23-44(52)48-34-50-46-25-13-17-29-58(46)67(60(50)36-54(48)63)42-31-41(57-38-56(39-19-7-5-8-20-39)65-62(66-57)40-21-9-6-10-22-40)32-43(33-42)68-59-30-18-14-26-47(59)51-35-49-45-24-12-16-28-53(45)64(3,4)55(49)37-61(51)68/h5-38H,1-4H3. The quantitative estimate of drug-likeness (QED) is 0.173. The monoisotopic (exact) mass is 870 g/mol. The Labute approximate surface area is 395 Å². The minimum atomic E-state index is -0.159. The highest BCUT2D eigenvalue weighted by atomic mass is 15.0. The highest BCUT2D eigenvalue weighted by Gasteiger charge is 2.38. The van der Waals surface area contributed by atoms with Crippen LogP contribution in [0, 0.1) is 0 Å². The lowest BCUT2D eigenvalue weighted by molar-refractivity contribution is 0.661. The first-order chi connectivity index (χ1) is 33.2. The van der Waals surface area contributed by atoms with E-state index < -0.39 is 0 Å². The second-order valence-electron chi connectivity index (χ2n) is 19.8. The predicted octanol–water partition coefficient (Wildman–Crippen LogP) is 16.3. The van der Waals surface area contributed by atoms with Crippen molar-refractivity contribution in [1.29, 1.82) is 0 Å². The molecule has 322 valence electrons. The summed E-state index contributed by atoms with van der Waals surface area (Å²) in [5.74, 6) is 0.692. The lowest BCUT2D eigenvalue weighted by Crippen LogP contribution is -2.15. The maximum absolute atomic E-state index is 5.44. The van der Waals surface area contributed by atoms with E-state index in [1.165, 1.54) is 77.1 Å². The van der Waals surface area contributed by atoms with Crippen LogP contribution in [0.5, 0.6) is 0 Å². The van der Waals surface area contributed by atoms with Crippen LogP contribution in [0.4, 0.5) is 0 Å². The SMILES string of the molecule is CC1(C)c2ccccc2-c2cc3c4ccccc4n(-c4cc(-c5cc(-c6ccccc6)nc(-c6ccccc6)n5)cc(-n5c6ccccc6c6cc7c(cc65)C(C)(C)c5ccccc5-7)c4)c3cc21. The molecule has 0 radical (unpaired) electrons. The van der Waals surface area contributed by atoms with Crippen molar-refractivity contribution in [1.82, 2.24) is 19.1 Å². The first kappa shape index (κ1) is 38.9. The molecule has 3 heterocycles. The highest BCUT2D eigenvalue weighted by Crippen LogP contribution is 2.53. The van der Waals surface area contributed by atoms with Gasteiger partial charge in [-0.3, -0.25) is 0 Å². The molecule has 4 nitrogen and oxygen atoms in total. The van der Waals surface area contributed by atoms with Crippen molar-refractivity contribution in [2.24, 2.45) is 0 Å². The van der Waals surface area contributed by atoms with Gasteiger partial charge in [0, 0.05) is 60.4 Å². The van der Waals surface area contributed by atoms with Crippen molar-refractivity contribution in [3.8, 4) is 67.5 Å². The van der Waals surface area contributed by atoms with E-state index in [9.17, 15) is 0 Å². The summed E-state index contributed by atoms with van der Waals surface area (Å²) in [5.41, 5.74) is 22.0. The fraction of sp³-hybridized carbons (Fsp3) is 0.0938. The smallest absolute Gasteiger partial charge is 0.160 e. The molecule has 0 amide bonds. The van der Waals surface area contributed by atoms with E-state index in [1.54, 1.807) is 0 Å². The van der Waals surface area contributed by atoms with Crippen molar-refractivity contribution < 1.29 is 0 Å². The van der Waals surface area contributed by atoms with Gasteiger partial charge in [0.25, 0.3) is 0 Å². The number of hydrogen-bond acceptors (Lipinski definition) is 2. The molecule has 3 aromatic heterocycles. The Bertz CT molecular complexity index is 3820. The predicted molar refractivity (Wildman–Crippen MR) is 282 cm³/mol. The van der Waals surface area contributed by atoms with Gasteiger partial charge in [-0.05, 0) is 105 Å².